The van der Waals surface area contributed by atoms with Gasteiger partial charge in [-0.2, -0.15) is 9.78 Å². The standard InChI is InChI=1S/C31H30N4O6/c1-6-39-31(37)19(2)40-27-16-21(34(3)4)15-14-20(27)18-32-35-29(33-24-11-8-7-10-22(24)30(35)36)28-17-23-25(38-5)12-9-13-26(23)41-28/h7-19H,6H2,1-5H3/t19-/m1/s1. The molecule has 0 fully saturated rings. The molecule has 2 aromatic heterocycles. The Labute approximate surface area is 236 Å². The van der Waals surface area contributed by atoms with Crippen molar-refractivity contribution in [1.29, 1.82) is 0 Å². The summed E-state index contributed by atoms with van der Waals surface area (Å²) in [6, 6.07) is 19.8. The smallest absolute Gasteiger partial charge is 0.347 e. The summed E-state index contributed by atoms with van der Waals surface area (Å²) in [5.41, 5.74) is 2.12. The quantitative estimate of drug-likeness (QED) is 0.183. The van der Waals surface area contributed by atoms with E-state index in [-0.39, 0.29) is 18.0 Å². The number of para-hydroxylation sites is 1. The third kappa shape index (κ3) is 5.49. The predicted octanol–water partition coefficient (Wildman–Crippen LogP) is 5.10. The first-order valence-electron chi connectivity index (χ1n) is 13.1. The monoisotopic (exact) mass is 554 g/mol. The molecule has 0 spiro atoms. The molecule has 1 atom stereocenters. The molecule has 10 nitrogen and oxygen atoms in total. The van der Waals surface area contributed by atoms with Crippen LogP contribution in [0.15, 0.2) is 81.0 Å². The van der Waals surface area contributed by atoms with Crippen molar-refractivity contribution >= 4 is 39.7 Å². The van der Waals surface area contributed by atoms with Crippen LogP contribution in [0.5, 0.6) is 11.5 Å². The summed E-state index contributed by atoms with van der Waals surface area (Å²) in [6.07, 6.45) is 0.641. The van der Waals surface area contributed by atoms with Gasteiger partial charge in [0.1, 0.15) is 17.1 Å². The van der Waals surface area contributed by atoms with Crippen molar-refractivity contribution in [3.8, 4) is 23.1 Å². The molecule has 0 aliphatic rings. The van der Waals surface area contributed by atoms with Crippen molar-refractivity contribution in [1.82, 2.24) is 9.66 Å². The van der Waals surface area contributed by atoms with Gasteiger partial charge in [0, 0.05) is 31.4 Å². The van der Waals surface area contributed by atoms with Gasteiger partial charge < -0.3 is 23.5 Å². The minimum Gasteiger partial charge on any atom is -0.496 e. The van der Waals surface area contributed by atoms with E-state index < -0.39 is 12.1 Å². The number of ether oxygens (including phenoxy) is 3. The molecular formula is C31H30N4O6. The fraction of sp³-hybridized carbons (Fsp3) is 0.226. The summed E-state index contributed by atoms with van der Waals surface area (Å²) in [5.74, 6) is 1.12. The molecule has 0 aliphatic heterocycles. The molecule has 2 heterocycles. The number of carbonyl (C=O) groups excluding carboxylic acids is 1. The van der Waals surface area contributed by atoms with Gasteiger partial charge in [0.15, 0.2) is 11.9 Å². The van der Waals surface area contributed by atoms with E-state index in [2.05, 4.69) is 5.10 Å². The van der Waals surface area contributed by atoms with Gasteiger partial charge in [-0.15, -0.1) is 0 Å². The van der Waals surface area contributed by atoms with Gasteiger partial charge in [0.2, 0.25) is 5.82 Å². The Morgan fingerprint density at radius 3 is 2.63 bits per heavy atom. The van der Waals surface area contributed by atoms with Gasteiger partial charge in [-0.1, -0.05) is 18.2 Å². The fourth-order valence-corrected chi connectivity index (χ4v) is 4.34. The molecule has 41 heavy (non-hydrogen) atoms. The van der Waals surface area contributed by atoms with E-state index in [1.54, 1.807) is 57.4 Å². The zero-order valence-corrected chi connectivity index (χ0v) is 23.5. The zero-order chi connectivity index (χ0) is 29.1. The van der Waals surface area contributed by atoms with Gasteiger partial charge in [-0.05, 0) is 56.3 Å². The largest absolute Gasteiger partial charge is 0.496 e. The van der Waals surface area contributed by atoms with E-state index in [0.717, 1.165) is 11.1 Å². The highest BCUT2D eigenvalue weighted by atomic mass is 16.6. The number of nitrogens with zero attached hydrogens (tertiary/aromatic N) is 4. The van der Waals surface area contributed by atoms with Crippen molar-refractivity contribution in [2.24, 2.45) is 5.10 Å². The molecule has 0 amide bonds. The second-order valence-corrected chi connectivity index (χ2v) is 9.43. The molecule has 5 aromatic rings. The van der Waals surface area contributed by atoms with Crippen LogP contribution in [0.25, 0.3) is 33.5 Å². The topological polar surface area (TPSA) is 108 Å². The number of hydrogen-bond donors (Lipinski definition) is 0. The van der Waals surface area contributed by atoms with Crippen molar-refractivity contribution in [2.75, 3.05) is 32.7 Å². The van der Waals surface area contributed by atoms with Crippen molar-refractivity contribution in [3.05, 3.63) is 82.6 Å². The van der Waals surface area contributed by atoms with Crippen molar-refractivity contribution < 1.29 is 23.4 Å². The lowest BCUT2D eigenvalue weighted by Gasteiger charge is -2.18. The number of hydrogen-bond acceptors (Lipinski definition) is 9. The third-order valence-corrected chi connectivity index (χ3v) is 6.46. The fourth-order valence-electron chi connectivity index (χ4n) is 4.34. The molecule has 0 saturated heterocycles. The Morgan fingerprint density at radius 2 is 1.88 bits per heavy atom. The van der Waals surface area contributed by atoms with Crippen LogP contribution in [0.1, 0.15) is 19.4 Å². The van der Waals surface area contributed by atoms with Gasteiger partial charge >= 0.3 is 5.97 Å². The predicted molar refractivity (Wildman–Crippen MR) is 158 cm³/mol. The van der Waals surface area contributed by atoms with Crippen LogP contribution in [-0.2, 0) is 9.53 Å². The number of aromatic nitrogens is 2. The molecule has 10 heteroatoms. The van der Waals surface area contributed by atoms with E-state index in [9.17, 15) is 9.59 Å². The van der Waals surface area contributed by atoms with Crippen LogP contribution in [0.3, 0.4) is 0 Å². The molecular weight excluding hydrogens is 524 g/mol. The van der Waals surface area contributed by atoms with Gasteiger partial charge in [0.05, 0.1) is 36.2 Å². The number of benzene rings is 3. The summed E-state index contributed by atoms with van der Waals surface area (Å²) >= 11 is 0. The number of esters is 1. The number of carbonyl (C=O) groups is 1. The Balaban J connectivity index is 1.65. The maximum absolute atomic E-state index is 13.7. The molecule has 0 radical (unpaired) electrons. The summed E-state index contributed by atoms with van der Waals surface area (Å²) < 4.78 is 23.9. The molecule has 0 bridgehead atoms. The van der Waals surface area contributed by atoms with E-state index in [1.807, 2.05) is 49.3 Å². The normalized spacial score (nSPS) is 12.1. The first-order valence-corrected chi connectivity index (χ1v) is 13.1. The SMILES string of the molecule is CCOC(=O)[C@@H](C)Oc1cc(N(C)C)ccc1C=Nn1c(-c2cc3c(OC)cccc3o2)nc2ccccc2c1=O. The summed E-state index contributed by atoms with van der Waals surface area (Å²) in [4.78, 5) is 32.6. The lowest BCUT2D eigenvalue weighted by atomic mass is 10.2. The second kappa shape index (κ2) is 11.5. The molecule has 0 N–H and O–H groups in total. The van der Waals surface area contributed by atoms with Crippen LogP contribution < -0.4 is 19.9 Å². The molecule has 3 aromatic carbocycles. The average Bonchev–Trinajstić information content (AvgIpc) is 3.41. The molecule has 0 saturated carbocycles. The highest BCUT2D eigenvalue weighted by Crippen LogP contribution is 2.33. The highest BCUT2D eigenvalue weighted by Gasteiger charge is 2.20. The van der Waals surface area contributed by atoms with Gasteiger partial charge in [0.25, 0.3) is 5.56 Å². The van der Waals surface area contributed by atoms with E-state index in [4.69, 9.17) is 23.6 Å². The van der Waals surface area contributed by atoms with E-state index in [0.29, 0.717) is 39.3 Å². The highest BCUT2D eigenvalue weighted by molar-refractivity contribution is 5.89. The Bertz CT molecular complexity index is 1820. The molecule has 0 aliphatic carbocycles. The number of fused-ring (bicyclic) bond motifs is 2. The Morgan fingerprint density at radius 1 is 1.07 bits per heavy atom. The number of anilines is 1. The molecule has 5 rings (SSSR count). The summed E-state index contributed by atoms with van der Waals surface area (Å²) in [7, 11) is 5.38. The van der Waals surface area contributed by atoms with Crippen LogP contribution in [-0.4, -0.2) is 55.8 Å². The second-order valence-electron chi connectivity index (χ2n) is 9.43. The zero-order valence-electron chi connectivity index (χ0n) is 23.5. The lowest BCUT2D eigenvalue weighted by molar-refractivity contribution is -0.150. The Kier molecular flexibility index (Phi) is 7.73. The van der Waals surface area contributed by atoms with E-state index >= 15 is 0 Å². The van der Waals surface area contributed by atoms with E-state index in [1.165, 1.54) is 10.9 Å². The average molecular weight is 555 g/mol. The van der Waals surface area contributed by atoms with Crippen LogP contribution in [0.4, 0.5) is 5.69 Å². The van der Waals surface area contributed by atoms with Crippen molar-refractivity contribution in [2.45, 2.75) is 20.0 Å². The summed E-state index contributed by atoms with van der Waals surface area (Å²) in [5, 5.41) is 5.70. The Hall–Kier alpha value is -5.12. The van der Waals surface area contributed by atoms with Crippen LogP contribution >= 0.6 is 0 Å². The summed E-state index contributed by atoms with van der Waals surface area (Å²) in [6.45, 7) is 3.60. The van der Waals surface area contributed by atoms with Crippen LogP contribution in [0, 0.1) is 0 Å². The lowest BCUT2D eigenvalue weighted by Crippen LogP contribution is -2.26. The maximum Gasteiger partial charge on any atom is 0.347 e. The van der Waals surface area contributed by atoms with Gasteiger partial charge in [-0.25, -0.2) is 9.78 Å². The number of methoxy groups -OCH3 is 1. The van der Waals surface area contributed by atoms with Crippen LogP contribution in [0.2, 0.25) is 0 Å². The first kappa shape index (κ1) is 27.4. The minimum absolute atomic E-state index is 0.218. The minimum atomic E-state index is -0.856. The van der Waals surface area contributed by atoms with Gasteiger partial charge in [-0.3, -0.25) is 4.79 Å². The molecule has 0 unspecified atom stereocenters. The third-order valence-electron chi connectivity index (χ3n) is 6.46. The first-order chi connectivity index (χ1) is 19.8. The molecule has 210 valence electrons. The maximum atomic E-state index is 13.7. The number of rotatable bonds is 9. The number of furan rings is 1. The van der Waals surface area contributed by atoms with Crippen molar-refractivity contribution in [3.63, 3.8) is 0 Å².